The maximum absolute atomic E-state index is 11.5. The lowest BCUT2D eigenvalue weighted by Gasteiger charge is -2.29. The van der Waals surface area contributed by atoms with E-state index in [1.54, 1.807) is 18.4 Å². The molecule has 0 saturated heterocycles. The summed E-state index contributed by atoms with van der Waals surface area (Å²) >= 11 is 0. The van der Waals surface area contributed by atoms with Gasteiger partial charge in [0.1, 0.15) is 0 Å². The summed E-state index contributed by atoms with van der Waals surface area (Å²) in [4.78, 5) is 13.0. The Kier molecular flexibility index (Phi) is 4.59. The predicted molar refractivity (Wildman–Crippen MR) is 60.4 cm³/mol. The number of methoxy groups -OCH3 is 1. The molecular formula is C12H16N2O2. The van der Waals surface area contributed by atoms with Crippen LogP contribution < -0.4 is 0 Å². The predicted octanol–water partition coefficient (Wildman–Crippen LogP) is 2.59. The van der Waals surface area contributed by atoms with E-state index in [0.29, 0.717) is 5.57 Å². The van der Waals surface area contributed by atoms with E-state index in [1.807, 2.05) is 0 Å². The van der Waals surface area contributed by atoms with Gasteiger partial charge in [-0.25, -0.2) is 4.79 Å². The molecule has 4 heteroatoms. The van der Waals surface area contributed by atoms with Crippen molar-refractivity contribution in [3.8, 4) is 6.07 Å². The first-order valence-electron chi connectivity index (χ1n) is 5.39. The quantitative estimate of drug-likeness (QED) is 0.734. The molecule has 1 aliphatic rings. The van der Waals surface area contributed by atoms with E-state index in [-0.39, 0.29) is 6.04 Å². The molecule has 1 unspecified atom stereocenters. The summed E-state index contributed by atoms with van der Waals surface area (Å²) in [6.07, 6.45) is 7.48. The number of nitrogens with zero attached hydrogens (tertiary/aromatic N) is 2. The van der Waals surface area contributed by atoms with Crippen molar-refractivity contribution in [2.45, 2.75) is 32.2 Å². The number of hydrogen-bond donors (Lipinski definition) is 0. The number of rotatable bonds is 3. The SMILES string of the molecule is CCCCC1C(C#N)=CC=CN1C(=O)OC. The Balaban J connectivity index is 2.84. The van der Waals surface area contributed by atoms with Gasteiger partial charge < -0.3 is 4.74 Å². The molecule has 4 nitrogen and oxygen atoms in total. The molecule has 1 aliphatic heterocycles. The van der Waals surface area contributed by atoms with Gasteiger partial charge in [-0.05, 0) is 18.6 Å². The minimum Gasteiger partial charge on any atom is -0.452 e. The first-order chi connectivity index (χ1) is 7.74. The minimum atomic E-state index is -0.418. The Hall–Kier alpha value is -1.76. The van der Waals surface area contributed by atoms with Crippen molar-refractivity contribution < 1.29 is 9.53 Å². The van der Waals surface area contributed by atoms with Gasteiger partial charge in [-0.2, -0.15) is 5.26 Å². The molecule has 0 saturated carbocycles. The molecule has 0 bridgehead atoms. The minimum absolute atomic E-state index is 0.178. The van der Waals surface area contributed by atoms with Crippen molar-refractivity contribution in [2.24, 2.45) is 0 Å². The Bertz CT molecular complexity index is 353. The van der Waals surface area contributed by atoms with Gasteiger partial charge in [-0.3, -0.25) is 4.90 Å². The van der Waals surface area contributed by atoms with Crippen LogP contribution in [0.2, 0.25) is 0 Å². The van der Waals surface area contributed by atoms with E-state index in [4.69, 9.17) is 10.00 Å². The maximum atomic E-state index is 11.5. The highest BCUT2D eigenvalue weighted by atomic mass is 16.5. The highest BCUT2D eigenvalue weighted by molar-refractivity contribution is 5.70. The van der Waals surface area contributed by atoms with Gasteiger partial charge in [0, 0.05) is 6.20 Å². The van der Waals surface area contributed by atoms with Crippen LogP contribution in [-0.4, -0.2) is 24.1 Å². The zero-order valence-electron chi connectivity index (χ0n) is 9.64. The first-order valence-corrected chi connectivity index (χ1v) is 5.39. The molecule has 1 atom stereocenters. The Morgan fingerprint density at radius 2 is 2.44 bits per heavy atom. The average Bonchev–Trinajstić information content (AvgIpc) is 2.34. The van der Waals surface area contributed by atoms with Crippen LogP contribution in [0, 0.1) is 11.3 Å². The zero-order chi connectivity index (χ0) is 12.0. The second-order valence-corrected chi connectivity index (χ2v) is 3.61. The van der Waals surface area contributed by atoms with Gasteiger partial charge in [-0.1, -0.05) is 19.8 Å². The molecule has 1 amide bonds. The van der Waals surface area contributed by atoms with Gasteiger partial charge in [0.25, 0.3) is 0 Å². The highest BCUT2D eigenvalue weighted by Gasteiger charge is 2.27. The molecular weight excluding hydrogens is 204 g/mol. The number of ether oxygens (including phenoxy) is 1. The van der Waals surface area contributed by atoms with Crippen LogP contribution in [0.4, 0.5) is 4.79 Å². The standard InChI is InChI=1S/C12H16N2O2/c1-3-4-7-11-10(9-13)6-5-8-14(11)12(15)16-2/h5-6,8,11H,3-4,7H2,1-2H3. The summed E-state index contributed by atoms with van der Waals surface area (Å²) < 4.78 is 4.69. The number of carbonyl (C=O) groups is 1. The Labute approximate surface area is 95.8 Å². The lowest BCUT2D eigenvalue weighted by molar-refractivity contribution is 0.129. The molecule has 0 fully saturated rings. The Morgan fingerprint density at radius 1 is 1.69 bits per heavy atom. The van der Waals surface area contributed by atoms with Gasteiger partial charge in [0.15, 0.2) is 0 Å². The topological polar surface area (TPSA) is 53.3 Å². The van der Waals surface area contributed by atoms with Gasteiger partial charge in [0.05, 0.1) is 24.8 Å². The van der Waals surface area contributed by atoms with Crippen LogP contribution in [0.25, 0.3) is 0 Å². The van der Waals surface area contributed by atoms with Crippen LogP contribution in [-0.2, 0) is 4.74 Å². The molecule has 1 heterocycles. The summed E-state index contributed by atoms with van der Waals surface area (Å²) in [6, 6.07) is 1.95. The fraction of sp³-hybridized carbons (Fsp3) is 0.500. The molecule has 0 aromatic heterocycles. The molecule has 0 N–H and O–H groups in total. The number of nitriles is 1. The molecule has 0 radical (unpaired) electrons. The third-order valence-electron chi connectivity index (χ3n) is 2.56. The molecule has 0 aliphatic carbocycles. The molecule has 16 heavy (non-hydrogen) atoms. The van der Waals surface area contributed by atoms with E-state index in [0.717, 1.165) is 19.3 Å². The van der Waals surface area contributed by atoms with Gasteiger partial charge in [-0.15, -0.1) is 0 Å². The molecule has 0 aromatic carbocycles. The van der Waals surface area contributed by atoms with E-state index >= 15 is 0 Å². The second kappa shape index (κ2) is 5.96. The summed E-state index contributed by atoms with van der Waals surface area (Å²) in [5, 5.41) is 9.00. The summed E-state index contributed by atoms with van der Waals surface area (Å²) in [6.45, 7) is 2.08. The number of hydrogen-bond acceptors (Lipinski definition) is 3. The van der Waals surface area contributed by atoms with Crippen molar-refractivity contribution in [1.82, 2.24) is 4.90 Å². The largest absolute Gasteiger partial charge is 0.452 e. The normalized spacial score (nSPS) is 18.9. The van der Waals surface area contributed by atoms with Crippen molar-refractivity contribution in [1.29, 1.82) is 5.26 Å². The fourth-order valence-electron chi connectivity index (χ4n) is 1.70. The number of allylic oxidation sites excluding steroid dienone is 2. The van der Waals surface area contributed by atoms with Crippen LogP contribution in [0.3, 0.4) is 0 Å². The lowest BCUT2D eigenvalue weighted by atomic mass is 9.98. The van der Waals surface area contributed by atoms with Crippen molar-refractivity contribution in [3.05, 3.63) is 23.9 Å². The maximum Gasteiger partial charge on any atom is 0.414 e. The van der Waals surface area contributed by atoms with Gasteiger partial charge >= 0.3 is 6.09 Å². The van der Waals surface area contributed by atoms with E-state index < -0.39 is 6.09 Å². The number of unbranched alkanes of at least 4 members (excludes halogenated alkanes) is 1. The molecule has 86 valence electrons. The van der Waals surface area contributed by atoms with Crippen LogP contribution in [0.15, 0.2) is 23.9 Å². The highest BCUT2D eigenvalue weighted by Crippen LogP contribution is 2.21. The third-order valence-corrected chi connectivity index (χ3v) is 2.56. The second-order valence-electron chi connectivity index (χ2n) is 3.61. The summed E-state index contributed by atoms with van der Waals surface area (Å²) in [7, 11) is 1.34. The van der Waals surface area contributed by atoms with E-state index in [2.05, 4.69) is 13.0 Å². The third kappa shape index (κ3) is 2.63. The molecule has 0 aromatic rings. The monoisotopic (exact) mass is 220 g/mol. The van der Waals surface area contributed by atoms with Crippen LogP contribution in [0.1, 0.15) is 26.2 Å². The van der Waals surface area contributed by atoms with E-state index in [9.17, 15) is 4.79 Å². The number of amides is 1. The summed E-state index contributed by atoms with van der Waals surface area (Å²) in [5.41, 5.74) is 0.612. The smallest absolute Gasteiger partial charge is 0.414 e. The average molecular weight is 220 g/mol. The van der Waals surface area contributed by atoms with Crippen molar-refractivity contribution in [2.75, 3.05) is 7.11 Å². The fourth-order valence-corrected chi connectivity index (χ4v) is 1.70. The van der Waals surface area contributed by atoms with Crippen LogP contribution in [0.5, 0.6) is 0 Å². The zero-order valence-corrected chi connectivity index (χ0v) is 9.64. The van der Waals surface area contributed by atoms with Crippen LogP contribution >= 0.6 is 0 Å². The number of carbonyl (C=O) groups excluding carboxylic acids is 1. The first kappa shape index (κ1) is 12.3. The van der Waals surface area contributed by atoms with Gasteiger partial charge in [0.2, 0.25) is 0 Å². The Morgan fingerprint density at radius 3 is 3.00 bits per heavy atom. The molecule has 0 spiro atoms. The summed E-state index contributed by atoms with van der Waals surface area (Å²) in [5.74, 6) is 0. The lowest BCUT2D eigenvalue weighted by Crippen LogP contribution is -2.38. The van der Waals surface area contributed by atoms with Crippen molar-refractivity contribution >= 4 is 6.09 Å². The van der Waals surface area contributed by atoms with Crippen molar-refractivity contribution in [3.63, 3.8) is 0 Å². The van der Waals surface area contributed by atoms with E-state index in [1.165, 1.54) is 12.0 Å². The molecule has 1 rings (SSSR count).